The number of hydrogen-bond donors (Lipinski definition) is 2. The Morgan fingerprint density at radius 2 is 1.93 bits per heavy atom. The number of nitrogens with one attached hydrogen (secondary N) is 1. The van der Waals surface area contributed by atoms with E-state index >= 15 is 0 Å². The number of para-hydroxylation sites is 1. The van der Waals surface area contributed by atoms with Crippen molar-refractivity contribution < 1.29 is 19.0 Å². The van der Waals surface area contributed by atoms with Crippen LogP contribution >= 0.6 is 15.9 Å². The Morgan fingerprint density at radius 3 is 2.63 bits per heavy atom. The first kappa shape index (κ1) is 21.3. The zero-order chi connectivity index (χ0) is 21.5. The summed E-state index contributed by atoms with van der Waals surface area (Å²) in [4.78, 5) is 24.8. The number of benzene rings is 2. The van der Waals surface area contributed by atoms with E-state index in [1.165, 1.54) is 7.11 Å². The lowest BCUT2D eigenvalue weighted by Crippen LogP contribution is -2.11. The van der Waals surface area contributed by atoms with Crippen LogP contribution in [0, 0.1) is 0 Å². The Bertz CT molecular complexity index is 1030. The highest BCUT2D eigenvalue weighted by molar-refractivity contribution is 9.10. The fourth-order valence-corrected chi connectivity index (χ4v) is 3.10. The molecule has 3 aromatic rings. The summed E-state index contributed by atoms with van der Waals surface area (Å²) in [5.41, 5.74) is 6.83. The normalized spacial score (nSPS) is 10.4. The van der Waals surface area contributed by atoms with Crippen LogP contribution in [0.3, 0.4) is 0 Å². The van der Waals surface area contributed by atoms with Crippen molar-refractivity contribution in [2.45, 2.75) is 13.5 Å². The first-order chi connectivity index (χ1) is 14.5. The highest BCUT2D eigenvalue weighted by Crippen LogP contribution is 2.36. The van der Waals surface area contributed by atoms with E-state index in [1.54, 1.807) is 12.1 Å². The lowest BCUT2D eigenvalue weighted by molar-refractivity contribution is 0.0461. The number of halogens is 1. The molecule has 2 aromatic carbocycles. The molecule has 30 heavy (non-hydrogen) atoms. The average Bonchev–Trinajstić information content (AvgIpc) is 2.73. The summed E-state index contributed by atoms with van der Waals surface area (Å²) < 4.78 is 16.7. The van der Waals surface area contributed by atoms with E-state index in [4.69, 9.17) is 19.9 Å². The second-order valence-electron chi connectivity index (χ2n) is 5.92. The van der Waals surface area contributed by atoms with E-state index in [2.05, 4.69) is 36.2 Å². The number of hydrogen-bond acceptors (Lipinski definition) is 9. The minimum Gasteiger partial charge on any atom is -0.493 e. The van der Waals surface area contributed by atoms with E-state index in [1.807, 2.05) is 37.3 Å². The standard InChI is InChI=1S/C20H20BrN5O4/c1-3-29-17-14(21)9-12(10-15(17)28-2)18(27)30-11-16-24-19(22)26-20(25-16)23-13-7-5-4-6-8-13/h4-10H,3,11H2,1-2H3,(H3,22,23,24,25,26). The maximum Gasteiger partial charge on any atom is 0.338 e. The number of esters is 1. The van der Waals surface area contributed by atoms with Crippen molar-refractivity contribution in [1.82, 2.24) is 15.0 Å². The molecule has 1 aromatic heterocycles. The molecule has 0 fully saturated rings. The maximum absolute atomic E-state index is 12.5. The molecule has 0 aliphatic carbocycles. The topological polar surface area (TPSA) is 121 Å². The molecule has 0 saturated heterocycles. The monoisotopic (exact) mass is 473 g/mol. The molecule has 0 unspecified atom stereocenters. The second kappa shape index (κ2) is 9.88. The van der Waals surface area contributed by atoms with Gasteiger partial charge in [0.2, 0.25) is 11.9 Å². The molecule has 0 spiro atoms. The number of carbonyl (C=O) groups is 1. The van der Waals surface area contributed by atoms with Crippen molar-refractivity contribution in [3.05, 3.63) is 58.3 Å². The van der Waals surface area contributed by atoms with Gasteiger partial charge in [-0.1, -0.05) is 18.2 Å². The van der Waals surface area contributed by atoms with Gasteiger partial charge in [-0.15, -0.1) is 0 Å². The fourth-order valence-electron chi connectivity index (χ4n) is 2.54. The van der Waals surface area contributed by atoms with E-state index in [0.29, 0.717) is 22.6 Å². The summed E-state index contributed by atoms with van der Waals surface area (Å²) in [6.45, 7) is 2.14. The number of carbonyl (C=O) groups excluding carboxylic acids is 1. The minimum absolute atomic E-state index is 0.0139. The number of anilines is 3. The molecule has 10 heteroatoms. The smallest absolute Gasteiger partial charge is 0.338 e. The van der Waals surface area contributed by atoms with E-state index in [9.17, 15) is 4.79 Å². The van der Waals surface area contributed by atoms with Crippen LogP contribution in [-0.2, 0) is 11.3 Å². The van der Waals surface area contributed by atoms with Crippen LogP contribution in [0.1, 0.15) is 23.1 Å². The molecule has 0 atom stereocenters. The van der Waals surface area contributed by atoms with Gasteiger partial charge in [-0.2, -0.15) is 15.0 Å². The van der Waals surface area contributed by atoms with Gasteiger partial charge in [0, 0.05) is 5.69 Å². The Hall–Kier alpha value is -3.40. The summed E-state index contributed by atoms with van der Waals surface area (Å²) in [5.74, 6) is 0.834. The van der Waals surface area contributed by atoms with Crippen molar-refractivity contribution in [1.29, 1.82) is 0 Å². The van der Waals surface area contributed by atoms with Crippen molar-refractivity contribution in [3.63, 3.8) is 0 Å². The van der Waals surface area contributed by atoms with Crippen molar-refractivity contribution in [3.8, 4) is 11.5 Å². The molecule has 156 valence electrons. The third kappa shape index (κ3) is 5.35. The molecular weight excluding hydrogens is 454 g/mol. The lowest BCUT2D eigenvalue weighted by atomic mass is 10.2. The van der Waals surface area contributed by atoms with Crippen LogP contribution in [0.25, 0.3) is 0 Å². The van der Waals surface area contributed by atoms with Crippen LogP contribution in [0.5, 0.6) is 11.5 Å². The van der Waals surface area contributed by atoms with Crippen LogP contribution in [-0.4, -0.2) is 34.6 Å². The van der Waals surface area contributed by atoms with Gasteiger partial charge in [-0.3, -0.25) is 0 Å². The maximum atomic E-state index is 12.5. The predicted octanol–water partition coefficient (Wildman–Crippen LogP) is 3.72. The molecule has 1 heterocycles. The lowest BCUT2D eigenvalue weighted by Gasteiger charge is -2.13. The zero-order valence-corrected chi connectivity index (χ0v) is 18.0. The van der Waals surface area contributed by atoms with Crippen LogP contribution in [0.15, 0.2) is 46.9 Å². The highest BCUT2D eigenvalue weighted by Gasteiger charge is 2.17. The molecule has 9 nitrogen and oxygen atoms in total. The van der Waals surface area contributed by atoms with Crippen LogP contribution in [0.2, 0.25) is 0 Å². The van der Waals surface area contributed by atoms with E-state index < -0.39 is 5.97 Å². The zero-order valence-electron chi connectivity index (χ0n) is 16.4. The molecule has 0 aliphatic heterocycles. The number of nitrogens with two attached hydrogens (primary N) is 1. The molecule has 3 rings (SSSR count). The molecular formula is C20H20BrN5O4. The van der Waals surface area contributed by atoms with Gasteiger partial charge >= 0.3 is 5.97 Å². The first-order valence-electron chi connectivity index (χ1n) is 9.00. The third-order valence-corrected chi connectivity index (χ3v) is 4.40. The largest absolute Gasteiger partial charge is 0.493 e. The quantitative estimate of drug-likeness (QED) is 0.471. The van der Waals surface area contributed by atoms with Gasteiger partial charge in [0.15, 0.2) is 23.9 Å². The van der Waals surface area contributed by atoms with Crippen LogP contribution in [0.4, 0.5) is 17.6 Å². The summed E-state index contributed by atoms with van der Waals surface area (Å²) >= 11 is 3.38. The van der Waals surface area contributed by atoms with Gasteiger partial charge in [0.25, 0.3) is 0 Å². The minimum atomic E-state index is -0.575. The molecule has 3 N–H and O–H groups in total. The number of rotatable bonds is 8. The van der Waals surface area contributed by atoms with E-state index in [0.717, 1.165) is 5.69 Å². The molecule has 0 saturated carbocycles. The van der Waals surface area contributed by atoms with E-state index in [-0.39, 0.29) is 29.9 Å². The first-order valence-corrected chi connectivity index (χ1v) is 9.79. The number of nitrogens with zero attached hydrogens (tertiary/aromatic N) is 3. The van der Waals surface area contributed by atoms with Gasteiger partial charge < -0.3 is 25.3 Å². The Morgan fingerprint density at radius 1 is 1.17 bits per heavy atom. The fraction of sp³-hybridized carbons (Fsp3) is 0.200. The summed E-state index contributed by atoms with van der Waals surface area (Å²) in [6.07, 6.45) is 0. The van der Waals surface area contributed by atoms with Gasteiger partial charge in [-0.05, 0) is 47.1 Å². The summed E-state index contributed by atoms with van der Waals surface area (Å²) in [5, 5.41) is 3.03. The van der Waals surface area contributed by atoms with Gasteiger partial charge in [-0.25, -0.2) is 4.79 Å². The van der Waals surface area contributed by atoms with Gasteiger partial charge in [0.1, 0.15) is 0 Å². The summed E-state index contributed by atoms with van der Waals surface area (Å²) in [7, 11) is 1.49. The summed E-state index contributed by atoms with van der Waals surface area (Å²) in [6, 6.07) is 12.5. The molecule has 0 aliphatic rings. The van der Waals surface area contributed by atoms with Crippen molar-refractivity contribution >= 4 is 39.5 Å². The third-order valence-electron chi connectivity index (χ3n) is 3.82. The van der Waals surface area contributed by atoms with Gasteiger partial charge in [0.05, 0.1) is 23.8 Å². The number of nitrogen functional groups attached to an aromatic ring is 1. The number of methoxy groups -OCH3 is 1. The second-order valence-corrected chi connectivity index (χ2v) is 6.78. The molecule has 0 radical (unpaired) electrons. The van der Waals surface area contributed by atoms with Crippen LogP contribution < -0.4 is 20.5 Å². The molecule has 0 bridgehead atoms. The highest BCUT2D eigenvalue weighted by atomic mass is 79.9. The molecule has 0 amide bonds. The Kier molecular flexibility index (Phi) is 7.02. The average molecular weight is 474 g/mol. The van der Waals surface area contributed by atoms with Crippen molar-refractivity contribution in [2.75, 3.05) is 24.8 Å². The number of ether oxygens (including phenoxy) is 3. The SMILES string of the molecule is CCOc1c(Br)cc(C(=O)OCc2nc(N)nc(Nc3ccccc3)n2)cc1OC. The Balaban J connectivity index is 1.72. The Labute approximate surface area is 181 Å². The number of aromatic nitrogens is 3. The predicted molar refractivity (Wildman–Crippen MR) is 115 cm³/mol. The van der Waals surface area contributed by atoms with Crippen molar-refractivity contribution in [2.24, 2.45) is 0 Å².